The Balaban J connectivity index is 2.28. The molecule has 0 unspecified atom stereocenters. The third kappa shape index (κ3) is 7.58. The van der Waals surface area contributed by atoms with Crippen molar-refractivity contribution >= 4 is 11.6 Å². The molecule has 0 aliphatic rings. The number of unbranched alkanes of at least 4 members (excludes halogenated alkanes) is 1. The fourth-order valence-corrected chi connectivity index (χ4v) is 1.76. The van der Waals surface area contributed by atoms with Gasteiger partial charge < -0.3 is 10.6 Å². The number of alkyl halides is 3. The van der Waals surface area contributed by atoms with Crippen LogP contribution >= 0.6 is 0 Å². The molecule has 3 nitrogen and oxygen atoms in total. The van der Waals surface area contributed by atoms with E-state index in [-0.39, 0.29) is 18.9 Å². The van der Waals surface area contributed by atoms with Gasteiger partial charge in [-0.3, -0.25) is 4.79 Å². The van der Waals surface area contributed by atoms with Crippen molar-refractivity contribution in [2.75, 3.05) is 18.4 Å². The number of halogens is 3. The van der Waals surface area contributed by atoms with Crippen LogP contribution in [0, 0.1) is 0 Å². The predicted octanol–water partition coefficient (Wildman–Crippen LogP) is 3.97. The zero-order chi connectivity index (χ0) is 15.7. The molecule has 0 saturated heterocycles. The van der Waals surface area contributed by atoms with Crippen molar-refractivity contribution in [3.63, 3.8) is 0 Å². The van der Waals surface area contributed by atoms with Crippen LogP contribution in [0.15, 0.2) is 24.3 Å². The topological polar surface area (TPSA) is 41.1 Å². The number of anilines is 1. The SMILES string of the molecule is CCCNc1ccc(C(=O)NCCCCC(F)(F)F)cc1. The van der Waals surface area contributed by atoms with Crippen molar-refractivity contribution in [1.29, 1.82) is 0 Å². The second-order valence-electron chi connectivity index (χ2n) is 4.83. The molecular weight excluding hydrogens is 281 g/mol. The summed E-state index contributed by atoms with van der Waals surface area (Å²) in [5.41, 5.74) is 1.45. The molecule has 21 heavy (non-hydrogen) atoms. The van der Waals surface area contributed by atoms with Crippen molar-refractivity contribution in [2.24, 2.45) is 0 Å². The van der Waals surface area contributed by atoms with Gasteiger partial charge in [0, 0.05) is 30.8 Å². The fraction of sp³-hybridized carbons (Fsp3) is 0.533. The highest BCUT2D eigenvalue weighted by Gasteiger charge is 2.25. The maximum atomic E-state index is 11.9. The van der Waals surface area contributed by atoms with Gasteiger partial charge in [0.1, 0.15) is 0 Å². The third-order valence-electron chi connectivity index (χ3n) is 2.90. The monoisotopic (exact) mass is 302 g/mol. The molecule has 0 radical (unpaired) electrons. The van der Waals surface area contributed by atoms with Gasteiger partial charge in [-0.15, -0.1) is 0 Å². The molecule has 0 bridgehead atoms. The maximum absolute atomic E-state index is 11.9. The van der Waals surface area contributed by atoms with Gasteiger partial charge in [0.25, 0.3) is 5.91 Å². The molecular formula is C15H21F3N2O. The van der Waals surface area contributed by atoms with Crippen LogP contribution < -0.4 is 10.6 Å². The number of carbonyl (C=O) groups excluding carboxylic acids is 1. The van der Waals surface area contributed by atoms with Gasteiger partial charge in [-0.25, -0.2) is 0 Å². The highest BCUT2D eigenvalue weighted by atomic mass is 19.4. The summed E-state index contributed by atoms with van der Waals surface area (Å²) in [6.45, 7) is 3.18. The third-order valence-corrected chi connectivity index (χ3v) is 2.90. The van der Waals surface area contributed by atoms with Crippen molar-refractivity contribution in [1.82, 2.24) is 5.32 Å². The molecule has 0 spiro atoms. The number of amides is 1. The number of hydrogen-bond donors (Lipinski definition) is 2. The molecule has 1 rings (SSSR count). The summed E-state index contributed by atoms with van der Waals surface area (Å²) in [6, 6.07) is 7.02. The Morgan fingerprint density at radius 2 is 1.76 bits per heavy atom. The quantitative estimate of drug-likeness (QED) is 0.713. The minimum absolute atomic E-state index is 0.0314. The summed E-state index contributed by atoms with van der Waals surface area (Å²) in [6.07, 6.45) is -3.56. The lowest BCUT2D eigenvalue weighted by atomic mass is 10.2. The minimum atomic E-state index is -4.12. The molecule has 0 heterocycles. The molecule has 2 N–H and O–H groups in total. The summed E-state index contributed by atoms with van der Waals surface area (Å²) in [7, 11) is 0. The highest BCUT2D eigenvalue weighted by Crippen LogP contribution is 2.21. The molecule has 0 aromatic heterocycles. The Hall–Kier alpha value is -1.72. The first-order valence-electron chi connectivity index (χ1n) is 7.11. The number of rotatable bonds is 8. The number of hydrogen-bond acceptors (Lipinski definition) is 2. The largest absolute Gasteiger partial charge is 0.389 e. The van der Waals surface area contributed by atoms with Crippen molar-refractivity contribution in [3.8, 4) is 0 Å². The Morgan fingerprint density at radius 3 is 2.33 bits per heavy atom. The zero-order valence-corrected chi connectivity index (χ0v) is 12.1. The lowest BCUT2D eigenvalue weighted by Gasteiger charge is -2.08. The second-order valence-corrected chi connectivity index (χ2v) is 4.83. The Morgan fingerprint density at radius 1 is 1.10 bits per heavy atom. The number of nitrogens with one attached hydrogen (secondary N) is 2. The smallest absolute Gasteiger partial charge is 0.385 e. The van der Waals surface area contributed by atoms with E-state index in [0.717, 1.165) is 18.7 Å². The van der Waals surface area contributed by atoms with Crippen LogP contribution in [0.2, 0.25) is 0 Å². The molecule has 1 aromatic rings. The average molecular weight is 302 g/mol. The molecule has 0 aliphatic carbocycles. The Bertz CT molecular complexity index is 430. The number of benzene rings is 1. The Labute approximate surface area is 122 Å². The van der Waals surface area contributed by atoms with E-state index in [9.17, 15) is 18.0 Å². The molecule has 6 heteroatoms. The summed E-state index contributed by atoms with van der Waals surface area (Å²) < 4.78 is 35.8. The standard InChI is InChI=1S/C15H21F3N2O/c1-2-10-19-13-7-5-12(6-8-13)14(21)20-11-4-3-9-15(16,17)18/h5-8,19H,2-4,9-11H2,1H3,(H,20,21). The van der Waals surface area contributed by atoms with Crippen LogP contribution in [0.5, 0.6) is 0 Å². The van der Waals surface area contributed by atoms with E-state index in [0.29, 0.717) is 12.0 Å². The first-order chi connectivity index (χ1) is 9.92. The molecule has 1 aromatic carbocycles. The van der Waals surface area contributed by atoms with Gasteiger partial charge >= 0.3 is 6.18 Å². The molecule has 0 saturated carbocycles. The van der Waals surface area contributed by atoms with Gasteiger partial charge in [0.15, 0.2) is 0 Å². The van der Waals surface area contributed by atoms with Gasteiger partial charge in [0.05, 0.1) is 0 Å². The van der Waals surface area contributed by atoms with E-state index in [1.165, 1.54) is 0 Å². The van der Waals surface area contributed by atoms with Crippen LogP contribution in [0.1, 0.15) is 43.0 Å². The van der Waals surface area contributed by atoms with Crippen LogP contribution in [0.3, 0.4) is 0 Å². The molecule has 1 amide bonds. The van der Waals surface area contributed by atoms with Crippen molar-refractivity contribution in [2.45, 2.75) is 38.8 Å². The summed E-state index contributed by atoms with van der Waals surface area (Å²) in [4.78, 5) is 11.8. The van der Waals surface area contributed by atoms with E-state index in [1.54, 1.807) is 12.1 Å². The Kier molecular flexibility index (Phi) is 7.05. The van der Waals surface area contributed by atoms with E-state index in [1.807, 2.05) is 12.1 Å². The summed E-state index contributed by atoms with van der Waals surface area (Å²) in [5, 5.41) is 5.82. The van der Waals surface area contributed by atoms with Gasteiger partial charge in [-0.05, 0) is 43.5 Å². The number of carbonyl (C=O) groups is 1. The summed E-state index contributed by atoms with van der Waals surface area (Å²) >= 11 is 0. The van der Waals surface area contributed by atoms with E-state index in [4.69, 9.17) is 0 Å². The van der Waals surface area contributed by atoms with E-state index < -0.39 is 12.6 Å². The second kappa shape index (κ2) is 8.54. The van der Waals surface area contributed by atoms with Crippen molar-refractivity contribution in [3.05, 3.63) is 29.8 Å². The normalized spacial score (nSPS) is 11.2. The fourth-order valence-electron chi connectivity index (χ4n) is 1.76. The first-order valence-corrected chi connectivity index (χ1v) is 7.11. The van der Waals surface area contributed by atoms with E-state index >= 15 is 0 Å². The van der Waals surface area contributed by atoms with E-state index in [2.05, 4.69) is 17.6 Å². The molecule has 0 aliphatic heterocycles. The summed E-state index contributed by atoms with van der Waals surface area (Å²) in [5.74, 6) is -0.260. The van der Waals surface area contributed by atoms with Crippen LogP contribution in [0.25, 0.3) is 0 Å². The highest BCUT2D eigenvalue weighted by molar-refractivity contribution is 5.94. The van der Waals surface area contributed by atoms with Crippen molar-refractivity contribution < 1.29 is 18.0 Å². The molecule has 0 atom stereocenters. The zero-order valence-electron chi connectivity index (χ0n) is 12.1. The van der Waals surface area contributed by atoms with Gasteiger partial charge in [-0.1, -0.05) is 6.92 Å². The van der Waals surface area contributed by atoms with Gasteiger partial charge in [-0.2, -0.15) is 13.2 Å². The first kappa shape index (κ1) is 17.3. The molecule has 0 fully saturated rings. The van der Waals surface area contributed by atoms with Crippen LogP contribution in [0.4, 0.5) is 18.9 Å². The van der Waals surface area contributed by atoms with Gasteiger partial charge in [0.2, 0.25) is 0 Å². The van der Waals surface area contributed by atoms with Crippen LogP contribution in [-0.2, 0) is 0 Å². The average Bonchev–Trinajstić information content (AvgIpc) is 2.44. The lowest BCUT2D eigenvalue weighted by Crippen LogP contribution is -2.24. The molecule has 118 valence electrons. The van der Waals surface area contributed by atoms with Crippen LogP contribution in [-0.4, -0.2) is 25.2 Å². The lowest BCUT2D eigenvalue weighted by molar-refractivity contribution is -0.135. The predicted molar refractivity (Wildman–Crippen MR) is 77.5 cm³/mol. The minimum Gasteiger partial charge on any atom is -0.385 e. The maximum Gasteiger partial charge on any atom is 0.389 e.